The second-order valence-corrected chi connectivity index (χ2v) is 7.88. The van der Waals surface area contributed by atoms with E-state index >= 15 is 0 Å². The van der Waals surface area contributed by atoms with E-state index in [0.29, 0.717) is 13.0 Å². The maximum atomic E-state index is 6.21. The molecular weight excluding hydrogens is 403 g/mol. The van der Waals surface area contributed by atoms with Crippen LogP contribution >= 0.6 is 23.2 Å². The molecule has 1 aliphatic heterocycles. The Bertz CT molecular complexity index is 1140. The van der Waals surface area contributed by atoms with Gasteiger partial charge in [0.25, 0.3) is 0 Å². The van der Waals surface area contributed by atoms with Crippen LogP contribution in [-0.2, 0) is 0 Å². The molecule has 5 heteroatoms. The molecule has 4 rings (SSSR count). The second kappa shape index (κ2) is 8.40. The highest BCUT2D eigenvalue weighted by atomic mass is 35.5. The van der Waals surface area contributed by atoms with Crippen LogP contribution in [0.25, 0.3) is 0 Å². The van der Waals surface area contributed by atoms with Crippen LogP contribution in [0.2, 0.25) is 10.0 Å². The molecule has 0 spiro atoms. The molecule has 1 heterocycles. The molecule has 0 saturated heterocycles. The van der Waals surface area contributed by atoms with Crippen molar-refractivity contribution in [3.05, 3.63) is 87.4 Å². The minimum absolute atomic E-state index is 0.376. The predicted molar refractivity (Wildman–Crippen MR) is 122 cm³/mol. The lowest BCUT2D eigenvalue weighted by molar-refractivity contribution is 0.375. The quantitative estimate of drug-likeness (QED) is 0.434. The number of halogens is 2. The summed E-state index contributed by atoms with van der Waals surface area (Å²) in [5.41, 5.74) is 6.61. The number of nitrogens with zero attached hydrogens (tertiary/aromatic N) is 2. The minimum atomic E-state index is 0.376. The topological polar surface area (TPSA) is 34.0 Å². The molecule has 0 aromatic heterocycles. The highest BCUT2D eigenvalue weighted by Gasteiger charge is 2.16. The maximum Gasteiger partial charge on any atom is 0.127 e. The van der Waals surface area contributed by atoms with Crippen LogP contribution in [0.4, 0.5) is 11.4 Å². The number of aryl methyl sites for hydroxylation is 2. The lowest BCUT2D eigenvalue weighted by Gasteiger charge is -2.11. The standard InChI is InChI=1S/C24H20Cl2N2O/c1-15-11-17(7-9-20(15)25)24-13-18(27-22-5-3-4-6-23(22)28-24)14-29-19-8-10-21(26)16(2)12-19/h3-12H,13-14H2,1-2H3. The first-order chi connectivity index (χ1) is 14.0. The number of hydrogen-bond acceptors (Lipinski definition) is 3. The van der Waals surface area contributed by atoms with E-state index < -0.39 is 0 Å². The third-order valence-corrected chi connectivity index (χ3v) is 5.66. The van der Waals surface area contributed by atoms with Crippen LogP contribution in [0, 0.1) is 13.8 Å². The van der Waals surface area contributed by atoms with Crippen molar-refractivity contribution < 1.29 is 4.74 Å². The largest absolute Gasteiger partial charge is 0.488 e. The number of rotatable bonds is 4. The predicted octanol–water partition coefficient (Wildman–Crippen LogP) is 7.29. The SMILES string of the molecule is Cc1cc(OCC2=Nc3ccccc3N=C(c3ccc(Cl)c(C)c3)C2)ccc1Cl. The summed E-state index contributed by atoms with van der Waals surface area (Å²) in [6.07, 6.45) is 0.600. The van der Waals surface area contributed by atoms with Crippen molar-refractivity contribution in [1.82, 2.24) is 0 Å². The molecule has 0 unspecified atom stereocenters. The van der Waals surface area contributed by atoms with Gasteiger partial charge in [0.1, 0.15) is 12.4 Å². The maximum absolute atomic E-state index is 6.21. The van der Waals surface area contributed by atoms with Crippen molar-refractivity contribution >= 4 is 46.0 Å². The summed E-state index contributed by atoms with van der Waals surface area (Å²) >= 11 is 12.3. The number of aliphatic imine (C=N–C) groups is 2. The van der Waals surface area contributed by atoms with Crippen LogP contribution in [-0.4, -0.2) is 18.0 Å². The molecule has 3 aromatic carbocycles. The average molecular weight is 423 g/mol. The second-order valence-electron chi connectivity index (χ2n) is 7.07. The molecule has 0 N–H and O–H groups in total. The molecule has 0 bridgehead atoms. The first kappa shape index (κ1) is 19.7. The van der Waals surface area contributed by atoms with E-state index in [1.807, 2.05) is 68.4 Å². The Morgan fingerprint density at radius 3 is 2.17 bits per heavy atom. The molecule has 0 radical (unpaired) electrons. The van der Waals surface area contributed by atoms with Gasteiger partial charge in [-0.05, 0) is 73.0 Å². The molecule has 3 nitrogen and oxygen atoms in total. The van der Waals surface area contributed by atoms with Gasteiger partial charge < -0.3 is 4.74 Å². The van der Waals surface area contributed by atoms with Gasteiger partial charge in [0, 0.05) is 16.5 Å². The zero-order valence-corrected chi connectivity index (χ0v) is 17.8. The van der Waals surface area contributed by atoms with Crippen LogP contribution in [0.3, 0.4) is 0 Å². The molecule has 0 fully saturated rings. The van der Waals surface area contributed by atoms with Gasteiger partial charge in [-0.15, -0.1) is 0 Å². The summed E-state index contributed by atoms with van der Waals surface area (Å²) in [4.78, 5) is 9.73. The van der Waals surface area contributed by atoms with Gasteiger partial charge in [-0.1, -0.05) is 41.4 Å². The third-order valence-electron chi connectivity index (χ3n) is 4.81. The van der Waals surface area contributed by atoms with Gasteiger partial charge in [-0.2, -0.15) is 0 Å². The van der Waals surface area contributed by atoms with E-state index in [1.54, 1.807) is 0 Å². The van der Waals surface area contributed by atoms with E-state index in [0.717, 1.165) is 55.3 Å². The molecule has 146 valence electrons. The fourth-order valence-corrected chi connectivity index (χ4v) is 3.42. The van der Waals surface area contributed by atoms with Crippen molar-refractivity contribution in [2.75, 3.05) is 6.61 Å². The Kier molecular flexibility index (Phi) is 5.70. The van der Waals surface area contributed by atoms with E-state index in [2.05, 4.69) is 6.07 Å². The van der Waals surface area contributed by atoms with Gasteiger partial charge in [0.2, 0.25) is 0 Å². The molecule has 0 atom stereocenters. The molecule has 0 aliphatic carbocycles. The van der Waals surface area contributed by atoms with Gasteiger partial charge in [-0.3, -0.25) is 9.98 Å². The number of benzene rings is 3. The number of ether oxygens (including phenoxy) is 1. The van der Waals surface area contributed by atoms with E-state index in [4.69, 9.17) is 37.9 Å². The number of fused-ring (bicyclic) bond motifs is 1. The van der Waals surface area contributed by atoms with Crippen LogP contribution in [0.15, 0.2) is 70.6 Å². The zero-order valence-electron chi connectivity index (χ0n) is 16.2. The first-order valence-electron chi connectivity index (χ1n) is 9.38. The van der Waals surface area contributed by atoms with Gasteiger partial charge in [0.15, 0.2) is 0 Å². The summed E-state index contributed by atoms with van der Waals surface area (Å²) in [6, 6.07) is 19.5. The fraction of sp³-hybridized carbons (Fsp3) is 0.167. The molecular formula is C24H20Cl2N2O. The normalized spacial score (nSPS) is 13.2. The van der Waals surface area contributed by atoms with Crippen molar-refractivity contribution in [2.24, 2.45) is 9.98 Å². The highest BCUT2D eigenvalue weighted by Crippen LogP contribution is 2.32. The number of hydrogen-bond donors (Lipinski definition) is 0. The molecule has 0 saturated carbocycles. The van der Waals surface area contributed by atoms with Crippen molar-refractivity contribution in [1.29, 1.82) is 0 Å². The molecule has 0 amide bonds. The summed E-state index contributed by atoms with van der Waals surface area (Å²) in [5.74, 6) is 0.771. The molecule has 3 aromatic rings. The summed E-state index contributed by atoms with van der Waals surface area (Å²) < 4.78 is 6.01. The van der Waals surface area contributed by atoms with Gasteiger partial charge in [0.05, 0.1) is 22.8 Å². The molecule has 29 heavy (non-hydrogen) atoms. The number of para-hydroxylation sites is 2. The molecule has 1 aliphatic rings. The Hall–Kier alpha value is -2.62. The smallest absolute Gasteiger partial charge is 0.127 e. The Balaban J connectivity index is 1.65. The third kappa shape index (κ3) is 4.52. The minimum Gasteiger partial charge on any atom is -0.488 e. The monoisotopic (exact) mass is 422 g/mol. The Morgan fingerprint density at radius 1 is 0.828 bits per heavy atom. The van der Waals surface area contributed by atoms with Crippen LogP contribution in [0.1, 0.15) is 23.1 Å². The lowest BCUT2D eigenvalue weighted by atomic mass is 10.0. The van der Waals surface area contributed by atoms with Crippen molar-refractivity contribution in [3.8, 4) is 5.75 Å². The van der Waals surface area contributed by atoms with Crippen molar-refractivity contribution in [2.45, 2.75) is 20.3 Å². The zero-order chi connectivity index (χ0) is 20.4. The summed E-state index contributed by atoms with van der Waals surface area (Å²) in [6.45, 7) is 4.33. The average Bonchev–Trinajstić information content (AvgIpc) is 2.90. The van der Waals surface area contributed by atoms with Crippen molar-refractivity contribution in [3.63, 3.8) is 0 Å². The highest BCUT2D eigenvalue weighted by molar-refractivity contribution is 6.31. The lowest BCUT2D eigenvalue weighted by Crippen LogP contribution is -2.16. The van der Waals surface area contributed by atoms with E-state index in [1.165, 1.54) is 0 Å². The summed E-state index contributed by atoms with van der Waals surface area (Å²) in [5, 5.41) is 1.48. The van der Waals surface area contributed by atoms with E-state index in [-0.39, 0.29) is 0 Å². The Labute approximate surface area is 180 Å². The van der Waals surface area contributed by atoms with Gasteiger partial charge >= 0.3 is 0 Å². The van der Waals surface area contributed by atoms with E-state index in [9.17, 15) is 0 Å². The van der Waals surface area contributed by atoms with Crippen LogP contribution < -0.4 is 4.74 Å². The summed E-state index contributed by atoms with van der Waals surface area (Å²) in [7, 11) is 0. The van der Waals surface area contributed by atoms with Crippen LogP contribution in [0.5, 0.6) is 5.75 Å². The Morgan fingerprint density at radius 2 is 1.48 bits per heavy atom. The first-order valence-corrected chi connectivity index (χ1v) is 10.1. The fourth-order valence-electron chi connectivity index (χ4n) is 3.19. The van der Waals surface area contributed by atoms with Gasteiger partial charge in [-0.25, -0.2) is 0 Å².